The van der Waals surface area contributed by atoms with Gasteiger partial charge >= 0.3 is 0 Å². The van der Waals surface area contributed by atoms with Crippen molar-refractivity contribution in [3.05, 3.63) is 59.2 Å². The number of ether oxygens (including phenoxy) is 3. The van der Waals surface area contributed by atoms with Gasteiger partial charge in [0.2, 0.25) is 12.7 Å². The fraction of sp³-hybridized carbons (Fsp3) is 0.381. The predicted molar refractivity (Wildman–Crippen MR) is 97.4 cm³/mol. The van der Waals surface area contributed by atoms with Gasteiger partial charge in [-0.1, -0.05) is 30.3 Å². The molecule has 4 rings (SSSR count). The summed E-state index contributed by atoms with van der Waals surface area (Å²) in [6.45, 7) is 1.88. The Bertz CT molecular complexity index is 804. The van der Waals surface area contributed by atoms with Crippen LogP contribution >= 0.6 is 0 Å². The Morgan fingerprint density at radius 1 is 1.19 bits per heavy atom. The minimum Gasteiger partial charge on any atom is -0.454 e. The highest BCUT2D eigenvalue weighted by molar-refractivity contribution is 5.85. The second kappa shape index (κ2) is 7.38. The van der Waals surface area contributed by atoms with Gasteiger partial charge in [-0.2, -0.15) is 0 Å². The van der Waals surface area contributed by atoms with Crippen LogP contribution in [0, 0.1) is 0 Å². The largest absolute Gasteiger partial charge is 0.454 e. The lowest BCUT2D eigenvalue weighted by atomic mass is 9.99. The van der Waals surface area contributed by atoms with E-state index in [2.05, 4.69) is 12.1 Å². The molecule has 1 aliphatic heterocycles. The molecular formula is C21H23NO4. The van der Waals surface area contributed by atoms with E-state index in [1.165, 1.54) is 11.1 Å². The number of carbonyl (C=O) groups excluding carboxylic acids is 1. The third-order valence-corrected chi connectivity index (χ3v) is 5.12. The molecule has 1 unspecified atom stereocenters. The standard InChI is InChI=1S/C21H23NO4/c1-24-11-10-22(13-15-6-9-19-20(12-15)26-14-25-19)21(23)18-8-7-16-4-2-3-5-17(16)18/h2-6,9,12,18H,7-8,10-11,13-14H2,1H3. The first-order chi connectivity index (χ1) is 12.8. The molecule has 2 aromatic carbocycles. The van der Waals surface area contributed by atoms with Crippen LogP contribution in [0.3, 0.4) is 0 Å². The van der Waals surface area contributed by atoms with Crippen LogP contribution in [0.4, 0.5) is 0 Å². The van der Waals surface area contributed by atoms with Gasteiger partial charge in [0.25, 0.3) is 0 Å². The van der Waals surface area contributed by atoms with E-state index < -0.39 is 0 Å². The maximum Gasteiger partial charge on any atom is 0.231 e. The molecule has 2 aliphatic rings. The van der Waals surface area contributed by atoms with E-state index in [1.807, 2.05) is 35.2 Å². The quantitative estimate of drug-likeness (QED) is 0.801. The highest BCUT2D eigenvalue weighted by Gasteiger charge is 2.31. The van der Waals surface area contributed by atoms with Crippen LogP contribution in [0.1, 0.15) is 29.0 Å². The van der Waals surface area contributed by atoms with E-state index >= 15 is 0 Å². The fourth-order valence-electron chi connectivity index (χ4n) is 3.76. The fourth-order valence-corrected chi connectivity index (χ4v) is 3.76. The summed E-state index contributed by atoms with van der Waals surface area (Å²) in [6, 6.07) is 14.1. The van der Waals surface area contributed by atoms with Crippen LogP contribution < -0.4 is 9.47 Å². The number of amides is 1. The predicted octanol–water partition coefficient (Wildman–Crippen LogP) is 3.12. The molecule has 0 saturated heterocycles. The van der Waals surface area contributed by atoms with Crippen LogP contribution in [0.2, 0.25) is 0 Å². The second-order valence-electron chi connectivity index (χ2n) is 6.73. The van der Waals surface area contributed by atoms with Gasteiger partial charge in [0, 0.05) is 20.2 Å². The third kappa shape index (κ3) is 3.27. The second-order valence-corrected chi connectivity index (χ2v) is 6.73. The Balaban J connectivity index is 1.54. The average Bonchev–Trinajstić information content (AvgIpc) is 3.30. The Kier molecular flexibility index (Phi) is 4.80. The van der Waals surface area contributed by atoms with E-state index in [-0.39, 0.29) is 18.6 Å². The summed E-state index contributed by atoms with van der Waals surface area (Å²) < 4.78 is 16.1. The molecule has 136 valence electrons. The number of methoxy groups -OCH3 is 1. The molecule has 0 bridgehead atoms. The van der Waals surface area contributed by atoms with Crippen molar-refractivity contribution in [3.63, 3.8) is 0 Å². The van der Waals surface area contributed by atoms with Crippen molar-refractivity contribution in [3.8, 4) is 11.5 Å². The number of hydrogen-bond acceptors (Lipinski definition) is 4. The first-order valence-corrected chi connectivity index (χ1v) is 9.00. The van der Waals surface area contributed by atoms with Gasteiger partial charge in [-0.15, -0.1) is 0 Å². The lowest BCUT2D eigenvalue weighted by molar-refractivity contribution is -0.134. The SMILES string of the molecule is COCCN(Cc1ccc2c(c1)OCO2)C(=O)C1CCc2ccccc21. The topological polar surface area (TPSA) is 48.0 Å². The number of fused-ring (bicyclic) bond motifs is 2. The zero-order valence-corrected chi connectivity index (χ0v) is 14.9. The highest BCUT2D eigenvalue weighted by Crippen LogP contribution is 2.36. The summed E-state index contributed by atoms with van der Waals surface area (Å²) in [4.78, 5) is 15.2. The molecule has 1 atom stereocenters. The Morgan fingerprint density at radius 2 is 2.04 bits per heavy atom. The average molecular weight is 353 g/mol. The molecular weight excluding hydrogens is 330 g/mol. The van der Waals surface area contributed by atoms with Gasteiger partial charge in [0.15, 0.2) is 11.5 Å². The summed E-state index contributed by atoms with van der Waals surface area (Å²) in [5.41, 5.74) is 3.50. The Labute approximate surface area is 153 Å². The van der Waals surface area contributed by atoms with Gasteiger partial charge in [0.05, 0.1) is 12.5 Å². The van der Waals surface area contributed by atoms with E-state index in [0.717, 1.165) is 29.9 Å². The number of benzene rings is 2. The first kappa shape index (κ1) is 16.9. The van der Waals surface area contributed by atoms with Crippen molar-refractivity contribution in [2.75, 3.05) is 27.1 Å². The lowest BCUT2D eigenvalue weighted by Crippen LogP contribution is -2.36. The summed E-state index contributed by atoms with van der Waals surface area (Å²) >= 11 is 0. The number of aryl methyl sites for hydroxylation is 1. The zero-order chi connectivity index (χ0) is 17.9. The van der Waals surface area contributed by atoms with Gasteiger partial charge < -0.3 is 19.1 Å². The van der Waals surface area contributed by atoms with E-state index in [0.29, 0.717) is 19.7 Å². The molecule has 0 fully saturated rings. The molecule has 5 nitrogen and oxygen atoms in total. The van der Waals surface area contributed by atoms with Crippen LogP contribution in [0.5, 0.6) is 11.5 Å². The summed E-state index contributed by atoms with van der Waals surface area (Å²) in [7, 11) is 1.66. The molecule has 0 aromatic heterocycles. The van der Waals surface area contributed by atoms with Crippen molar-refractivity contribution in [2.24, 2.45) is 0 Å². The van der Waals surface area contributed by atoms with Gasteiger partial charge in [-0.25, -0.2) is 0 Å². The lowest BCUT2D eigenvalue weighted by Gasteiger charge is -2.26. The maximum atomic E-state index is 13.3. The van der Waals surface area contributed by atoms with Crippen molar-refractivity contribution in [2.45, 2.75) is 25.3 Å². The summed E-state index contributed by atoms with van der Waals surface area (Å²) in [5, 5.41) is 0. The van der Waals surface area contributed by atoms with Crippen LogP contribution in [-0.4, -0.2) is 37.9 Å². The molecule has 2 aromatic rings. The monoisotopic (exact) mass is 353 g/mol. The molecule has 1 amide bonds. The molecule has 0 saturated carbocycles. The van der Waals surface area contributed by atoms with Crippen molar-refractivity contribution in [1.29, 1.82) is 0 Å². The molecule has 26 heavy (non-hydrogen) atoms. The van der Waals surface area contributed by atoms with Gasteiger partial charge in [-0.05, 0) is 41.7 Å². The zero-order valence-electron chi connectivity index (χ0n) is 14.9. The smallest absolute Gasteiger partial charge is 0.231 e. The number of carbonyl (C=O) groups is 1. The van der Waals surface area contributed by atoms with E-state index in [9.17, 15) is 4.79 Å². The summed E-state index contributed by atoms with van der Waals surface area (Å²) in [5.74, 6) is 1.61. The van der Waals surface area contributed by atoms with Crippen molar-refractivity contribution in [1.82, 2.24) is 4.90 Å². The van der Waals surface area contributed by atoms with Crippen LogP contribution in [0.15, 0.2) is 42.5 Å². The van der Waals surface area contributed by atoms with Gasteiger partial charge in [0.1, 0.15) is 0 Å². The minimum atomic E-state index is -0.0583. The van der Waals surface area contributed by atoms with E-state index in [1.54, 1.807) is 7.11 Å². The third-order valence-electron chi connectivity index (χ3n) is 5.12. The van der Waals surface area contributed by atoms with E-state index in [4.69, 9.17) is 14.2 Å². The molecule has 0 N–H and O–H groups in total. The highest BCUT2D eigenvalue weighted by atomic mass is 16.7. The Hall–Kier alpha value is -2.53. The van der Waals surface area contributed by atoms with Crippen LogP contribution in [0.25, 0.3) is 0 Å². The Morgan fingerprint density at radius 3 is 2.92 bits per heavy atom. The maximum absolute atomic E-state index is 13.3. The molecule has 1 heterocycles. The summed E-state index contributed by atoms with van der Waals surface area (Å²) in [6.07, 6.45) is 1.84. The molecule has 5 heteroatoms. The number of nitrogens with zero attached hydrogens (tertiary/aromatic N) is 1. The normalized spacial score (nSPS) is 17.2. The van der Waals surface area contributed by atoms with Crippen molar-refractivity contribution >= 4 is 5.91 Å². The molecule has 0 spiro atoms. The molecule has 0 radical (unpaired) electrons. The number of hydrogen-bond donors (Lipinski definition) is 0. The van der Waals surface area contributed by atoms with Gasteiger partial charge in [-0.3, -0.25) is 4.79 Å². The first-order valence-electron chi connectivity index (χ1n) is 9.00. The molecule has 1 aliphatic carbocycles. The number of rotatable bonds is 6. The van der Waals surface area contributed by atoms with Crippen LogP contribution in [-0.2, 0) is 22.5 Å². The van der Waals surface area contributed by atoms with Crippen molar-refractivity contribution < 1.29 is 19.0 Å². The minimum absolute atomic E-state index is 0.0583.